The van der Waals surface area contributed by atoms with Crippen molar-refractivity contribution in [2.45, 2.75) is 17.5 Å². The van der Waals surface area contributed by atoms with Crippen molar-refractivity contribution in [3.8, 4) is 17.5 Å². The van der Waals surface area contributed by atoms with Gasteiger partial charge in [-0.15, -0.1) is 16.8 Å². The summed E-state index contributed by atoms with van der Waals surface area (Å²) in [6, 6.07) is 15.8. The molecule has 27 heavy (non-hydrogen) atoms. The van der Waals surface area contributed by atoms with Crippen molar-refractivity contribution in [1.82, 2.24) is 14.8 Å². The molecule has 0 bridgehead atoms. The minimum atomic E-state index is -0.438. The first-order valence-electron chi connectivity index (χ1n) is 8.03. The van der Waals surface area contributed by atoms with Gasteiger partial charge in [0.25, 0.3) is 5.69 Å². The van der Waals surface area contributed by atoms with Crippen molar-refractivity contribution >= 4 is 17.4 Å². The van der Waals surface area contributed by atoms with Gasteiger partial charge in [0.2, 0.25) is 0 Å². The Labute approximate surface area is 160 Å². The Bertz CT molecular complexity index is 1020. The van der Waals surface area contributed by atoms with Crippen LogP contribution in [0, 0.1) is 21.4 Å². The summed E-state index contributed by atoms with van der Waals surface area (Å²) in [4.78, 5) is 10.4. The summed E-state index contributed by atoms with van der Waals surface area (Å²) in [5, 5.41) is 29.2. The molecule has 0 spiro atoms. The second kappa shape index (κ2) is 8.29. The van der Waals surface area contributed by atoms with Crippen LogP contribution in [0.1, 0.15) is 11.1 Å². The standard InChI is InChI=1S/C19H15N5O2S/c1-2-11-23-18(14-7-9-17(10-8-14)24(25)26)21-22-19(23)27-13-16-6-4-3-5-15(16)12-20/h2-10H,1,11,13H2. The lowest BCUT2D eigenvalue weighted by Crippen LogP contribution is -2.01. The quantitative estimate of drug-likeness (QED) is 0.265. The molecule has 0 N–H and O–H groups in total. The van der Waals surface area contributed by atoms with Crippen molar-refractivity contribution < 1.29 is 4.92 Å². The molecule has 0 aliphatic rings. The Morgan fingerprint density at radius 3 is 2.63 bits per heavy atom. The van der Waals surface area contributed by atoms with Crippen molar-refractivity contribution in [3.05, 3.63) is 82.4 Å². The van der Waals surface area contributed by atoms with Crippen LogP contribution in [0.25, 0.3) is 11.4 Å². The molecule has 8 heteroatoms. The number of nitro groups is 1. The number of hydrogen-bond donors (Lipinski definition) is 0. The van der Waals surface area contributed by atoms with Gasteiger partial charge in [0.15, 0.2) is 11.0 Å². The third kappa shape index (κ3) is 4.04. The van der Waals surface area contributed by atoms with Gasteiger partial charge in [0.1, 0.15) is 0 Å². The van der Waals surface area contributed by atoms with E-state index in [4.69, 9.17) is 0 Å². The van der Waals surface area contributed by atoms with Crippen LogP contribution in [0.4, 0.5) is 5.69 Å². The Hall–Kier alpha value is -3.44. The number of non-ortho nitro benzene ring substituents is 1. The largest absolute Gasteiger partial charge is 0.298 e. The number of allylic oxidation sites excluding steroid dienone is 1. The van der Waals surface area contributed by atoms with Crippen LogP contribution in [0.15, 0.2) is 66.3 Å². The Balaban J connectivity index is 1.88. The SMILES string of the molecule is C=CCn1c(SCc2ccccc2C#N)nnc1-c1ccc([N+](=O)[O-])cc1. The highest BCUT2D eigenvalue weighted by atomic mass is 32.2. The number of aromatic nitrogens is 3. The van der Waals surface area contributed by atoms with Gasteiger partial charge in [0.05, 0.1) is 16.6 Å². The third-order valence-electron chi connectivity index (χ3n) is 3.86. The first-order valence-corrected chi connectivity index (χ1v) is 9.02. The molecule has 0 radical (unpaired) electrons. The maximum atomic E-state index is 10.8. The van der Waals surface area contributed by atoms with Crippen LogP contribution >= 0.6 is 11.8 Å². The van der Waals surface area contributed by atoms with Crippen LogP contribution in [0.2, 0.25) is 0 Å². The van der Waals surface area contributed by atoms with Gasteiger partial charge >= 0.3 is 0 Å². The fourth-order valence-electron chi connectivity index (χ4n) is 2.53. The van der Waals surface area contributed by atoms with E-state index in [1.54, 1.807) is 24.3 Å². The van der Waals surface area contributed by atoms with Gasteiger partial charge in [-0.25, -0.2) is 0 Å². The smallest absolute Gasteiger partial charge is 0.269 e. The first-order chi connectivity index (χ1) is 13.1. The molecule has 0 saturated carbocycles. The van der Waals surface area contributed by atoms with Crippen LogP contribution < -0.4 is 0 Å². The van der Waals surface area contributed by atoms with E-state index in [0.29, 0.717) is 28.8 Å². The lowest BCUT2D eigenvalue weighted by molar-refractivity contribution is -0.384. The average molecular weight is 377 g/mol. The molecular weight excluding hydrogens is 362 g/mol. The zero-order valence-electron chi connectivity index (χ0n) is 14.3. The highest BCUT2D eigenvalue weighted by Gasteiger charge is 2.15. The van der Waals surface area contributed by atoms with E-state index in [-0.39, 0.29) is 5.69 Å². The predicted octanol–water partition coefficient (Wildman–Crippen LogP) is 4.20. The number of nitrogens with zero attached hydrogens (tertiary/aromatic N) is 5. The second-order valence-corrected chi connectivity index (χ2v) is 6.51. The van der Waals surface area contributed by atoms with E-state index in [9.17, 15) is 15.4 Å². The van der Waals surface area contributed by atoms with Gasteiger partial charge in [-0.2, -0.15) is 5.26 Å². The number of nitriles is 1. The highest BCUT2D eigenvalue weighted by molar-refractivity contribution is 7.98. The van der Waals surface area contributed by atoms with Crippen molar-refractivity contribution in [2.24, 2.45) is 0 Å². The monoisotopic (exact) mass is 377 g/mol. The summed E-state index contributed by atoms with van der Waals surface area (Å²) < 4.78 is 1.90. The van der Waals surface area contributed by atoms with Crippen LogP contribution in [-0.2, 0) is 12.3 Å². The number of benzene rings is 2. The van der Waals surface area contributed by atoms with Crippen molar-refractivity contribution in [1.29, 1.82) is 5.26 Å². The molecule has 1 aromatic heterocycles. The van der Waals surface area contributed by atoms with Gasteiger partial charge in [-0.1, -0.05) is 36.0 Å². The molecule has 1 heterocycles. The molecule has 3 rings (SSSR count). The summed E-state index contributed by atoms with van der Waals surface area (Å²) in [5.41, 5.74) is 2.32. The summed E-state index contributed by atoms with van der Waals surface area (Å²) in [6.45, 7) is 4.28. The van der Waals surface area contributed by atoms with Crippen LogP contribution in [-0.4, -0.2) is 19.7 Å². The lowest BCUT2D eigenvalue weighted by Gasteiger charge is -2.08. The molecule has 7 nitrogen and oxygen atoms in total. The zero-order valence-corrected chi connectivity index (χ0v) is 15.1. The summed E-state index contributed by atoms with van der Waals surface area (Å²) >= 11 is 1.48. The maximum Gasteiger partial charge on any atom is 0.269 e. The van der Waals surface area contributed by atoms with Gasteiger partial charge < -0.3 is 0 Å². The molecule has 0 fully saturated rings. The Kier molecular flexibility index (Phi) is 5.64. The number of rotatable bonds is 7. The van der Waals surface area contributed by atoms with E-state index >= 15 is 0 Å². The average Bonchev–Trinajstić information content (AvgIpc) is 3.09. The number of thioether (sulfide) groups is 1. The molecule has 0 amide bonds. The summed E-state index contributed by atoms with van der Waals surface area (Å²) in [5.74, 6) is 1.19. The van der Waals surface area contributed by atoms with E-state index in [2.05, 4.69) is 22.8 Å². The van der Waals surface area contributed by atoms with E-state index in [1.807, 2.05) is 22.8 Å². The molecular formula is C19H15N5O2S. The number of hydrogen-bond acceptors (Lipinski definition) is 6. The second-order valence-electron chi connectivity index (χ2n) is 5.57. The third-order valence-corrected chi connectivity index (χ3v) is 4.88. The molecule has 2 aromatic carbocycles. The predicted molar refractivity (Wildman–Crippen MR) is 103 cm³/mol. The van der Waals surface area contributed by atoms with Gasteiger partial charge in [-0.3, -0.25) is 14.7 Å². The minimum absolute atomic E-state index is 0.0243. The topological polar surface area (TPSA) is 97.6 Å². The van der Waals surface area contributed by atoms with Crippen molar-refractivity contribution in [2.75, 3.05) is 0 Å². The molecule has 134 valence electrons. The fourth-order valence-corrected chi connectivity index (χ4v) is 3.48. The molecule has 3 aromatic rings. The van der Waals surface area contributed by atoms with Gasteiger partial charge in [-0.05, 0) is 23.8 Å². The highest BCUT2D eigenvalue weighted by Crippen LogP contribution is 2.28. The summed E-state index contributed by atoms with van der Waals surface area (Å²) in [6.07, 6.45) is 1.74. The molecule has 0 aliphatic heterocycles. The van der Waals surface area contributed by atoms with Crippen LogP contribution in [0.5, 0.6) is 0 Å². The minimum Gasteiger partial charge on any atom is -0.298 e. The normalized spacial score (nSPS) is 10.3. The van der Waals surface area contributed by atoms with E-state index < -0.39 is 4.92 Å². The first kappa shape index (κ1) is 18.4. The zero-order chi connectivity index (χ0) is 19.2. The molecule has 0 atom stereocenters. The Morgan fingerprint density at radius 2 is 1.96 bits per heavy atom. The fraction of sp³-hybridized carbons (Fsp3) is 0.105. The molecule has 0 saturated heterocycles. The number of nitro benzene ring substituents is 1. The Morgan fingerprint density at radius 1 is 1.22 bits per heavy atom. The molecule has 0 aliphatic carbocycles. The van der Waals surface area contributed by atoms with Crippen molar-refractivity contribution in [3.63, 3.8) is 0 Å². The van der Waals surface area contributed by atoms with E-state index in [0.717, 1.165) is 11.1 Å². The molecule has 0 unspecified atom stereocenters. The van der Waals surface area contributed by atoms with Gasteiger partial charge in [0, 0.05) is 30.0 Å². The summed E-state index contributed by atoms with van der Waals surface area (Å²) in [7, 11) is 0. The lowest BCUT2D eigenvalue weighted by atomic mass is 10.1. The van der Waals surface area contributed by atoms with Crippen LogP contribution in [0.3, 0.4) is 0 Å². The van der Waals surface area contributed by atoms with E-state index in [1.165, 1.54) is 23.9 Å². The maximum absolute atomic E-state index is 10.8.